The van der Waals surface area contributed by atoms with Crippen LogP contribution in [0, 0.1) is 0 Å². The maximum Gasteiger partial charge on any atom is 0.323 e. The third kappa shape index (κ3) is 2.59. The van der Waals surface area contributed by atoms with Crippen molar-refractivity contribution in [3.63, 3.8) is 0 Å². The second kappa shape index (κ2) is 4.47. The third-order valence-corrected chi connectivity index (χ3v) is 1.89. The van der Waals surface area contributed by atoms with E-state index in [4.69, 9.17) is 16.6 Å². The van der Waals surface area contributed by atoms with Gasteiger partial charge in [0.1, 0.15) is 12.4 Å². The number of nitrogen functional groups attached to an aromatic ring is 1. The third-order valence-electron chi connectivity index (χ3n) is 1.89. The van der Waals surface area contributed by atoms with Gasteiger partial charge in [-0.2, -0.15) is 0 Å². The van der Waals surface area contributed by atoms with Gasteiger partial charge in [0.15, 0.2) is 0 Å². The molecule has 0 bridgehead atoms. The van der Waals surface area contributed by atoms with E-state index in [0.717, 1.165) is 0 Å². The lowest BCUT2D eigenvalue weighted by atomic mass is 10.2. The van der Waals surface area contributed by atoms with Gasteiger partial charge in [-0.05, 0) is 6.07 Å². The van der Waals surface area contributed by atoms with Crippen molar-refractivity contribution in [3.8, 4) is 0 Å². The van der Waals surface area contributed by atoms with E-state index in [1.54, 1.807) is 0 Å². The molecule has 1 aromatic rings. The van der Waals surface area contributed by atoms with Gasteiger partial charge in [0.05, 0.1) is 17.4 Å². The molecule has 1 amide bonds. The summed E-state index contributed by atoms with van der Waals surface area (Å²) in [6.07, 6.45) is 1.33. The molecular weight excluding hydrogens is 212 g/mol. The second-order valence-electron chi connectivity index (χ2n) is 3.25. The summed E-state index contributed by atoms with van der Waals surface area (Å²) in [5.41, 5.74) is 11.0. The van der Waals surface area contributed by atoms with Gasteiger partial charge in [-0.15, -0.1) is 0 Å². The summed E-state index contributed by atoms with van der Waals surface area (Å²) in [4.78, 5) is 26.8. The van der Waals surface area contributed by atoms with Crippen LogP contribution in [-0.2, 0) is 4.79 Å². The number of anilines is 2. The van der Waals surface area contributed by atoms with Crippen molar-refractivity contribution >= 4 is 23.4 Å². The first-order valence-electron chi connectivity index (χ1n) is 4.40. The molecule has 1 aromatic heterocycles. The standard InChI is InChI=1S/C9H12N4O3/c1-13(4-7(14)15)9-6(8(11)16)2-5(10)3-12-9/h2-3H,4,10H2,1H3,(H2,11,16)(H,14,15). The number of aromatic nitrogens is 1. The Morgan fingerprint density at radius 1 is 1.56 bits per heavy atom. The van der Waals surface area contributed by atoms with E-state index >= 15 is 0 Å². The van der Waals surface area contributed by atoms with Gasteiger partial charge >= 0.3 is 5.97 Å². The number of carboxylic acids is 1. The number of nitrogens with zero attached hydrogens (tertiary/aromatic N) is 2. The van der Waals surface area contributed by atoms with E-state index in [2.05, 4.69) is 4.98 Å². The van der Waals surface area contributed by atoms with Crippen LogP contribution in [0.15, 0.2) is 12.3 Å². The largest absolute Gasteiger partial charge is 0.480 e. The minimum Gasteiger partial charge on any atom is -0.480 e. The lowest BCUT2D eigenvalue weighted by Crippen LogP contribution is -2.28. The molecular formula is C9H12N4O3. The highest BCUT2D eigenvalue weighted by molar-refractivity contribution is 5.98. The molecule has 0 saturated carbocycles. The minimum atomic E-state index is -1.03. The highest BCUT2D eigenvalue weighted by Gasteiger charge is 2.15. The molecule has 0 aliphatic rings. The van der Waals surface area contributed by atoms with E-state index in [-0.39, 0.29) is 17.9 Å². The van der Waals surface area contributed by atoms with Gasteiger partial charge in [0.25, 0.3) is 5.91 Å². The molecule has 7 nitrogen and oxygen atoms in total. The first-order chi connectivity index (χ1) is 7.41. The van der Waals surface area contributed by atoms with Gasteiger partial charge in [0, 0.05) is 7.05 Å². The maximum atomic E-state index is 11.1. The Balaban J connectivity index is 3.12. The average Bonchev–Trinajstić information content (AvgIpc) is 2.16. The Hall–Kier alpha value is -2.31. The molecule has 0 aromatic carbocycles. The van der Waals surface area contributed by atoms with E-state index in [9.17, 15) is 9.59 Å². The Morgan fingerprint density at radius 3 is 2.69 bits per heavy atom. The molecule has 0 unspecified atom stereocenters. The summed E-state index contributed by atoms with van der Waals surface area (Å²) in [5, 5.41) is 8.62. The van der Waals surface area contributed by atoms with Crippen LogP contribution >= 0.6 is 0 Å². The monoisotopic (exact) mass is 224 g/mol. The SMILES string of the molecule is CN(CC(=O)O)c1ncc(N)cc1C(N)=O. The summed E-state index contributed by atoms with van der Waals surface area (Å²) < 4.78 is 0. The van der Waals surface area contributed by atoms with Crippen molar-refractivity contribution in [2.45, 2.75) is 0 Å². The Morgan fingerprint density at radius 2 is 2.19 bits per heavy atom. The number of hydrogen-bond acceptors (Lipinski definition) is 5. The number of rotatable bonds is 4. The normalized spacial score (nSPS) is 9.81. The maximum absolute atomic E-state index is 11.1. The molecule has 0 spiro atoms. The van der Waals surface area contributed by atoms with Crippen molar-refractivity contribution in [2.24, 2.45) is 5.73 Å². The number of aliphatic carboxylic acids is 1. The number of carbonyl (C=O) groups is 2. The molecule has 1 heterocycles. The van der Waals surface area contributed by atoms with Crippen LogP contribution in [0.2, 0.25) is 0 Å². The minimum absolute atomic E-state index is 0.101. The molecule has 5 N–H and O–H groups in total. The van der Waals surface area contributed by atoms with Gasteiger partial charge in [-0.1, -0.05) is 0 Å². The quantitative estimate of drug-likeness (QED) is 0.620. The van der Waals surface area contributed by atoms with E-state index in [0.29, 0.717) is 5.69 Å². The van der Waals surface area contributed by atoms with Crippen LogP contribution in [0.5, 0.6) is 0 Å². The van der Waals surface area contributed by atoms with Crippen molar-refractivity contribution in [1.29, 1.82) is 0 Å². The fraction of sp³-hybridized carbons (Fsp3) is 0.222. The lowest BCUT2D eigenvalue weighted by Gasteiger charge is -2.17. The van der Waals surface area contributed by atoms with Gasteiger partial charge in [0.2, 0.25) is 0 Å². The Labute approximate surface area is 91.7 Å². The number of hydrogen-bond donors (Lipinski definition) is 3. The zero-order valence-electron chi connectivity index (χ0n) is 8.67. The topological polar surface area (TPSA) is 123 Å². The van der Waals surface area contributed by atoms with Gasteiger partial charge < -0.3 is 21.5 Å². The van der Waals surface area contributed by atoms with Crippen molar-refractivity contribution < 1.29 is 14.7 Å². The molecule has 0 atom stereocenters. The summed E-state index contributed by atoms with van der Waals surface area (Å²) in [7, 11) is 1.50. The Bertz CT molecular complexity index is 433. The number of carbonyl (C=O) groups excluding carboxylic acids is 1. The van der Waals surface area contributed by atoms with E-state index in [1.165, 1.54) is 24.2 Å². The summed E-state index contributed by atoms with van der Waals surface area (Å²) >= 11 is 0. The average molecular weight is 224 g/mol. The van der Waals surface area contributed by atoms with Crippen molar-refractivity contribution in [3.05, 3.63) is 17.8 Å². The predicted octanol–water partition coefficient (Wildman–Crippen LogP) is -0.716. The summed E-state index contributed by atoms with van der Waals surface area (Å²) in [6.45, 7) is -0.281. The lowest BCUT2D eigenvalue weighted by molar-refractivity contribution is -0.135. The highest BCUT2D eigenvalue weighted by atomic mass is 16.4. The number of carboxylic acid groups (broad SMARTS) is 1. The Kier molecular flexibility index (Phi) is 3.29. The summed E-state index contributed by atoms with van der Waals surface area (Å²) in [6, 6.07) is 1.36. The fourth-order valence-electron chi connectivity index (χ4n) is 1.24. The van der Waals surface area contributed by atoms with Gasteiger partial charge in [-0.3, -0.25) is 9.59 Å². The smallest absolute Gasteiger partial charge is 0.323 e. The van der Waals surface area contributed by atoms with Crippen LogP contribution in [0.3, 0.4) is 0 Å². The number of nitrogens with two attached hydrogens (primary N) is 2. The van der Waals surface area contributed by atoms with E-state index in [1.807, 2.05) is 0 Å². The molecule has 0 fully saturated rings. The van der Waals surface area contributed by atoms with E-state index < -0.39 is 11.9 Å². The molecule has 7 heteroatoms. The van der Waals surface area contributed by atoms with Gasteiger partial charge in [-0.25, -0.2) is 4.98 Å². The molecule has 0 aliphatic carbocycles. The number of primary amides is 1. The van der Waals surface area contributed by atoms with Crippen LogP contribution in [0.1, 0.15) is 10.4 Å². The molecule has 0 aliphatic heterocycles. The molecule has 86 valence electrons. The molecule has 16 heavy (non-hydrogen) atoms. The van der Waals surface area contributed by atoms with Crippen LogP contribution in [-0.4, -0.2) is 35.6 Å². The second-order valence-corrected chi connectivity index (χ2v) is 3.25. The van der Waals surface area contributed by atoms with Crippen molar-refractivity contribution in [2.75, 3.05) is 24.2 Å². The fourth-order valence-corrected chi connectivity index (χ4v) is 1.24. The molecule has 0 radical (unpaired) electrons. The molecule has 1 rings (SSSR count). The first-order valence-corrected chi connectivity index (χ1v) is 4.40. The number of pyridine rings is 1. The first kappa shape index (κ1) is 11.8. The van der Waals surface area contributed by atoms with Crippen LogP contribution in [0.25, 0.3) is 0 Å². The zero-order chi connectivity index (χ0) is 12.3. The van der Waals surface area contributed by atoms with Crippen molar-refractivity contribution in [1.82, 2.24) is 4.98 Å². The number of likely N-dealkylation sites (N-methyl/N-ethyl adjacent to an activating group) is 1. The highest BCUT2D eigenvalue weighted by Crippen LogP contribution is 2.18. The van der Waals surface area contributed by atoms with Crippen LogP contribution in [0.4, 0.5) is 11.5 Å². The summed E-state index contributed by atoms with van der Waals surface area (Å²) in [5.74, 6) is -1.53. The van der Waals surface area contributed by atoms with Crippen LogP contribution < -0.4 is 16.4 Å². The number of amides is 1. The molecule has 0 saturated heterocycles. The zero-order valence-corrected chi connectivity index (χ0v) is 8.67. The predicted molar refractivity (Wildman–Crippen MR) is 58.1 cm³/mol.